The van der Waals surface area contributed by atoms with E-state index in [1.54, 1.807) is 0 Å². The molecule has 10 nitrogen and oxygen atoms in total. The van der Waals surface area contributed by atoms with Gasteiger partial charge in [-0.15, -0.1) is 0 Å². The predicted octanol–water partition coefficient (Wildman–Crippen LogP) is 1.49. The molecule has 0 aliphatic rings. The summed E-state index contributed by atoms with van der Waals surface area (Å²) in [7, 11) is 0. The first kappa shape index (κ1) is 18.6. The van der Waals surface area contributed by atoms with E-state index in [0.29, 0.717) is 0 Å². The van der Waals surface area contributed by atoms with Gasteiger partial charge in [0, 0.05) is 6.07 Å². The molecule has 0 saturated heterocycles. The molecule has 10 heteroatoms. The fraction of sp³-hybridized carbons (Fsp3) is 0.188. The van der Waals surface area contributed by atoms with Crippen molar-refractivity contribution in [1.29, 1.82) is 0 Å². The number of amides is 2. The maximum absolute atomic E-state index is 11.8. The molecule has 1 aromatic heterocycles. The summed E-state index contributed by atoms with van der Waals surface area (Å²) in [6.07, 6.45) is 1.31. The first-order valence-electron chi connectivity index (χ1n) is 7.42. The fourth-order valence-corrected chi connectivity index (χ4v) is 1.92. The first-order chi connectivity index (χ1) is 12.4. The molecule has 0 unspecified atom stereocenters. The van der Waals surface area contributed by atoms with Crippen LogP contribution >= 0.6 is 0 Å². The van der Waals surface area contributed by atoms with E-state index in [1.165, 1.54) is 49.6 Å². The molecule has 0 spiro atoms. The zero-order valence-electron chi connectivity index (χ0n) is 13.6. The maximum atomic E-state index is 11.8. The highest BCUT2D eigenvalue weighted by Gasteiger charge is 2.21. The molecule has 0 aliphatic heterocycles. The molecule has 1 aromatic carbocycles. The van der Waals surface area contributed by atoms with Crippen molar-refractivity contribution in [3.8, 4) is 0 Å². The molecule has 2 rings (SSSR count). The molecular formula is C16H15N3O7. The Hall–Kier alpha value is -3.69. The molecule has 2 amide bonds. The van der Waals surface area contributed by atoms with Gasteiger partial charge in [-0.3, -0.25) is 19.7 Å². The van der Waals surface area contributed by atoms with Crippen molar-refractivity contribution in [3.63, 3.8) is 0 Å². The second-order valence-corrected chi connectivity index (χ2v) is 5.10. The Kier molecular flexibility index (Phi) is 6.04. The number of ether oxygens (including phenoxy) is 1. The van der Waals surface area contributed by atoms with Gasteiger partial charge in [0.1, 0.15) is 11.7 Å². The van der Waals surface area contributed by atoms with E-state index in [2.05, 4.69) is 10.6 Å². The van der Waals surface area contributed by atoms with E-state index in [-0.39, 0.29) is 17.1 Å². The third-order valence-corrected chi connectivity index (χ3v) is 3.17. The molecule has 26 heavy (non-hydrogen) atoms. The largest absolute Gasteiger partial charge is 0.459 e. The molecule has 1 heterocycles. The number of benzene rings is 1. The van der Waals surface area contributed by atoms with Crippen LogP contribution in [0, 0.1) is 10.1 Å². The van der Waals surface area contributed by atoms with Gasteiger partial charge in [-0.2, -0.15) is 0 Å². The Bertz CT molecular complexity index is 817. The van der Waals surface area contributed by atoms with Crippen LogP contribution in [-0.2, 0) is 14.3 Å². The number of carbonyl (C=O) groups is 3. The normalized spacial score (nSPS) is 11.3. The Balaban J connectivity index is 1.84. The van der Waals surface area contributed by atoms with Gasteiger partial charge in [-0.1, -0.05) is 12.1 Å². The SMILES string of the molecule is C[C@H](NC(=O)c1ccco1)C(=O)OCC(=O)Nc1ccccc1[N+](=O)[O-]. The molecule has 0 aliphatic carbocycles. The number of furan rings is 1. The third-order valence-electron chi connectivity index (χ3n) is 3.17. The van der Waals surface area contributed by atoms with Crippen molar-refractivity contribution in [2.75, 3.05) is 11.9 Å². The highest BCUT2D eigenvalue weighted by atomic mass is 16.6. The highest BCUT2D eigenvalue weighted by Crippen LogP contribution is 2.22. The lowest BCUT2D eigenvalue weighted by molar-refractivity contribution is -0.383. The summed E-state index contributed by atoms with van der Waals surface area (Å²) in [5.41, 5.74) is -0.302. The minimum Gasteiger partial charge on any atom is -0.459 e. The average Bonchev–Trinajstić information content (AvgIpc) is 3.14. The minimum atomic E-state index is -1.02. The number of anilines is 1. The molecule has 1 atom stereocenters. The summed E-state index contributed by atoms with van der Waals surface area (Å²) in [5, 5.41) is 15.5. The van der Waals surface area contributed by atoms with E-state index in [9.17, 15) is 24.5 Å². The van der Waals surface area contributed by atoms with E-state index in [4.69, 9.17) is 9.15 Å². The number of esters is 1. The molecule has 0 bridgehead atoms. The number of hydrogen-bond acceptors (Lipinski definition) is 7. The van der Waals surface area contributed by atoms with E-state index in [0.717, 1.165) is 0 Å². The van der Waals surface area contributed by atoms with Gasteiger partial charge in [0.25, 0.3) is 17.5 Å². The van der Waals surface area contributed by atoms with Crippen molar-refractivity contribution in [2.45, 2.75) is 13.0 Å². The Labute approximate surface area is 147 Å². The smallest absolute Gasteiger partial charge is 0.328 e. The van der Waals surface area contributed by atoms with Gasteiger partial charge >= 0.3 is 5.97 Å². The van der Waals surface area contributed by atoms with E-state index < -0.39 is 35.4 Å². The predicted molar refractivity (Wildman–Crippen MR) is 88.3 cm³/mol. The lowest BCUT2D eigenvalue weighted by Gasteiger charge is -2.12. The number of para-hydroxylation sites is 2. The zero-order valence-corrected chi connectivity index (χ0v) is 13.6. The monoisotopic (exact) mass is 361 g/mol. The van der Waals surface area contributed by atoms with Gasteiger partial charge in [0.2, 0.25) is 0 Å². The van der Waals surface area contributed by atoms with Crippen LogP contribution in [-0.4, -0.2) is 35.4 Å². The second kappa shape index (κ2) is 8.42. The second-order valence-electron chi connectivity index (χ2n) is 5.10. The van der Waals surface area contributed by atoms with Crippen LogP contribution in [0.2, 0.25) is 0 Å². The zero-order chi connectivity index (χ0) is 19.1. The molecule has 2 N–H and O–H groups in total. The van der Waals surface area contributed by atoms with Crippen LogP contribution in [0.4, 0.5) is 11.4 Å². The number of nitro benzene ring substituents is 1. The lowest BCUT2D eigenvalue weighted by Crippen LogP contribution is -2.40. The summed E-state index contributed by atoms with van der Waals surface area (Å²) in [6.45, 7) is 0.717. The van der Waals surface area contributed by atoms with Crippen LogP contribution in [0.1, 0.15) is 17.5 Å². The van der Waals surface area contributed by atoms with Gasteiger partial charge in [0.05, 0.1) is 11.2 Å². The van der Waals surface area contributed by atoms with Crippen LogP contribution < -0.4 is 10.6 Å². The van der Waals surface area contributed by atoms with Crippen molar-refractivity contribution < 1.29 is 28.5 Å². The third kappa shape index (κ3) is 4.90. The Morgan fingerprint density at radius 3 is 2.62 bits per heavy atom. The standard InChI is InChI=1S/C16H15N3O7/c1-10(17-15(21)13-7-4-8-25-13)16(22)26-9-14(20)18-11-5-2-3-6-12(11)19(23)24/h2-8,10H,9H2,1H3,(H,17,21)(H,18,20)/t10-/m0/s1. The number of carbonyl (C=O) groups excluding carboxylic acids is 3. The van der Waals surface area contributed by atoms with E-state index in [1.807, 2.05) is 0 Å². The Morgan fingerprint density at radius 1 is 1.23 bits per heavy atom. The van der Waals surface area contributed by atoms with Crippen LogP contribution in [0.3, 0.4) is 0 Å². The maximum Gasteiger partial charge on any atom is 0.328 e. The molecule has 0 fully saturated rings. The summed E-state index contributed by atoms with van der Waals surface area (Å²) < 4.78 is 9.68. The molecular weight excluding hydrogens is 346 g/mol. The first-order valence-corrected chi connectivity index (χ1v) is 7.42. The number of rotatable bonds is 7. The van der Waals surface area contributed by atoms with Gasteiger partial charge in [-0.05, 0) is 25.1 Å². The number of hydrogen-bond donors (Lipinski definition) is 2. The highest BCUT2D eigenvalue weighted by molar-refractivity contribution is 5.96. The van der Waals surface area contributed by atoms with Crippen LogP contribution in [0.25, 0.3) is 0 Å². The quantitative estimate of drug-likeness (QED) is 0.432. The number of nitrogens with one attached hydrogen (secondary N) is 2. The molecule has 2 aromatic rings. The van der Waals surface area contributed by atoms with Crippen molar-refractivity contribution in [3.05, 3.63) is 58.5 Å². The van der Waals surface area contributed by atoms with Crippen LogP contribution in [0.5, 0.6) is 0 Å². The molecule has 0 radical (unpaired) electrons. The van der Waals surface area contributed by atoms with Gasteiger partial charge in [0.15, 0.2) is 12.4 Å². The average molecular weight is 361 g/mol. The summed E-state index contributed by atoms with van der Waals surface area (Å²) in [5.74, 6) is -2.18. The van der Waals surface area contributed by atoms with Crippen LogP contribution in [0.15, 0.2) is 47.1 Å². The van der Waals surface area contributed by atoms with Crippen molar-refractivity contribution in [2.24, 2.45) is 0 Å². The summed E-state index contributed by atoms with van der Waals surface area (Å²) in [4.78, 5) is 45.6. The Morgan fingerprint density at radius 2 is 1.96 bits per heavy atom. The summed E-state index contributed by atoms with van der Waals surface area (Å²) >= 11 is 0. The lowest BCUT2D eigenvalue weighted by atomic mass is 10.2. The van der Waals surface area contributed by atoms with Gasteiger partial charge < -0.3 is 19.8 Å². The number of nitro groups is 1. The number of nitrogens with zero attached hydrogens (tertiary/aromatic N) is 1. The molecule has 0 saturated carbocycles. The summed E-state index contributed by atoms with van der Waals surface area (Å²) in [6, 6.07) is 7.47. The minimum absolute atomic E-state index is 0.0160. The van der Waals surface area contributed by atoms with Crippen molar-refractivity contribution in [1.82, 2.24) is 5.32 Å². The fourth-order valence-electron chi connectivity index (χ4n) is 1.92. The topological polar surface area (TPSA) is 141 Å². The van der Waals surface area contributed by atoms with Crippen molar-refractivity contribution >= 4 is 29.2 Å². The molecule has 136 valence electrons. The van der Waals surface area contributed by atoms with E-state index >= 15 is 0 Å². The van der Waals surface area contributed by atoms with Gasteiger partial charge in [-0.25, -0.2) is 4.79 Å².